The van der Waals surface area contributed by atoms with E-state index in [0.29, 0.717) is 6.54 Å². The second-order valence-corrected chi connectivity index (χ2v) is 6.38. The number of carbonyl (C=O) groups excluding carboxylic acids is 1. The summed E-state index contributed by atoms with van der Waals surface area (Å²) in [4.78, 5) is 23.3. The molecular formula is C19H24N4O. The van der Waals surface area contributed by atoms with Crippen molar-refractivity contribution in [1.82, 2.24) is 20.2 Å². The SMILES string of the molecule is CNC(=O)[C@H]1CCCCN1Cc1cnc(-c2cccc(C)c2)nc1. The fourth-order valence-electron chi connectivity index (χ4n) is 3.25. The number of likely N-dealkylation sites (tertiary alicyclic amines) is 1. The number of hydrogen-bond acceptors (Lipinski definition) is 4. The molecular weight excluding hydrogens is 300 g/mol. The number of nitrogens with one attached hydrogen (secondary N) is 1. The van der Waals surface area contributed by atoms with Gasteiger partial charge in [-0.1, -0.05) is 30.2 Å². The highest BCUT2D eigenvalue weighted by atomic mass is 16.2. The highest BCUT2D eigenvalue weighted by Gasteiger charge is 2.27. The number of amides is 1. The molecule has 24 heavy (non-hydrogen) atoms. The topological polar surface area (TPSA) is 58.1 Å². The quantitative estimate of drug-likeness (QED) is 0.939. The average molecular weight is 324 g/mol. The number of aromatic nitrogens is 2. The van der Waals surface area contributed by atoms with Gasteiger partial charge in [0.2, 0.25) is 5.91 Å². The zero-order valence-electron chi connectivity index (χ0n) is 14.3. The van der Waals surface area contributed by atoms with Crippen LogP contribution in [0.3, 0.4) is 0 Å². The van der Waals surface area contributed by atoms with Gasteiger partial charge in [-0.3, -0.25) is 9.69 Å². The van der Waals surface area contributed by atoms with Crippen molar-refractivity contribution >= 4 is 5.91 Å². The minimum absolute atomic E-state index is 0.0415. The van der Waals surface area contributed by atoms with Crippen LogP contribution in [-0.2, 0) is 11.3 Å². The maximum atomic E-state index is 12.1. The molecule has 5 nitrogen and oxygen atoms in total. The van der Waals surface area contributed by atoms with Crippen LogP contribution in [0.1, 0.15) is 30.4 Å². The van der Waals surface area contributed by atoms with Gasteiger partial charge in [0.1, 0.15) is 0 Å². The zero-order chi connectivity index (χ0) is 16.9. The first kappa shape index (κ1) is 16.6. The summed E-state index contributed by atoms with van der Waals surface area (Å²) in [5.74, 6) is 0.843. The van der Waals surface area contributed by atoms with Crippen LogP contribution in [0, 0.1) is 6.92 Å². The van der Waals surface area contributed by atoms with E-state index in [-0.39, 0.29) is 11.9 Å². The molecule has 1 saturated heterocycles. The van der Waals surface area contributed by atoms with Gasteiger partial charge in [0, 0.05) is 37.1 Å². The van der Waals surface area contributed by atoms with E-state index < -0.39 is 0 Å². The summed E-state index contributed by atoms with van der Waals surface area (Å²) in [7, 11) is 1.70. The van der Waals surface area contributed by atoms with Crippen molar-refractivity contribution in [3.8, 4) is 11.4 Å². The van der Waals surface area contributed by atoms with E-state index in [2.05, 4.69) is 39.2 Å². The summed E-state index contributed by atoms with van der Waals surface area (Å²) in [6, 6.07) is 8.15. The molecule has 1 amide bonds. The molecule has 1 N–H and O–H groups in total. The molecule has 2 heterocycles. The highest BCUT2D eigenvalue weighted by molar-refractivity contribution is 5.81. The summed E-state index contributed by atoms with van der Waals surface area (Å²) < 4.78 is 0. The number of nitrogens with zero attached hydrogens (tertiary/aromatic N) is 3. The van der Waals surface area contributed by atoms with Crippen LogP contribution < -0.4 is 5.32 Å². The molecule has 3 rings (SSSR count). The Kier molecular flexibility index (Phi) is 5.20. The molecule has 1 aliphatic heterocycles. The summed E-state index contributed by atoms with van der Waals surface area (Å²) in [5, 5.41) is 2.77. The third-order valence-corrected chi connectivity index (χ3v) is 4.53. The molecule has 1 atom stereocenters. The third-order valence-electron chi connectivity index (χ3n) is 4.53. The highest BCUT2D eigenvalue weighted by Crippen LogP contribution is 2.20. The Balaban J connectivity index is 1.72. The normalized spacial score (nSPS) is 18.3. The second-order valence-electron chi connectivity index (χ2n) is 6.38. The van der Waals surface area contributed by atoms with Crippen molar-refractivity contribution in [3.63, 3.8) is 0 Å². The van der Waals surface area contributed by atoms with E-state index in [9.17, 15) is 4.79 Å². The molecule has 126 valence electrons. The number of carbonyl (C=O) groups is 1. The van der Waals surface area contributed by atoms with Crippen LogP contribution in [0.2, 0.25) is 0 Å². The van der Waals surface area contributed by atoms with Crippen molar-refractivity contribution in [2.45, 2.75) is 38.8 Å². The van der Waals surface area contributed by atoms with Gasteiger partial charge in [-0.25, -0.2) is 9.97 Å². The number of likely N-dealkylation sites (N-methyl/N-ethyl adjacent to an activating group) is 1. The first-order valence-electron chi connectivity index (χ1n) is 8.51. The van der Waals surface area contributed by atoms with E-state index in [1.165, 1.54) is 5.56 Å². The van der Waals surface area contributed by atoms with Gasteiger partial charge in [-0.05, 0) is 32.4 Å². The van der Waals surface area contributed by atoms with Crippen molar-refractivity contribution < 1.29 is 4.79 Å². The van der Waals surface area contributed by atoms with Crippen LogP contribution in [0.25, 0.3) is 11.4 Å². The Bertz CT molecular complexity index is 699. The number of hydrogen-bond donors (Lipinski definition) is 1. The van der Waals surface area contributed by atoms with Crippen LogP contribution in [0.5, 0.6) is 0 Å². The van der Waals surface area contributed by atoms with Gasteiger partial charge in [0.05, 0.1) is 6.04 Å². The van der Waals surface area contributed by atoms with Crippen molar-refractivity contribution in [2.24, 2.45) is 0 Å². The lowest BCUT2D eigenvalue weighted by Crippen LogP contribution is -2.48. The van der Waals surface area contributed by atoms with E-state index in [4.69, 9.17) is 0 Å². The van der Waals surface area contributed by atoms with E-state index in [1.807, 2.05) is 24.5 Å². The maximum Gasteiger partial charge on any atom is 0.237 e. The Morgan fingerprint density at radius 3 is 2.79 bits per heavy atom. The van der Waals surface area contributed by atoms with Gasteiger partial charge in [0.15, 0.2) is 5.82 Å². The monoisotopic (exact) mass is 324 g/mol. The zero-order valence-corrected chi connectivity index (χ0v) is 14.3. The summed E-state index contributed by atoms with van der Waals surface area (Å²) in [6.07, 6.45) is 6.91. The molecule has 1 aromatic heterocycles. The molecule has 1 aliphatic rings. The Hall–Kier alpha value is -2.27. The number of aryl methyl sites for hydroxylation is 1. The van der Waals surface area contributed by atoms with E-state index in [1.54, 1.807) is 7.05 Å². The molecule has 2 aromatic rings. The van der Waals surface area contributed by atoms with Gasteiger partial charge in [0.25, 0.3) is 0 Å². The first-order valence-corrected chi connectivity index (χ1v) is 8.51. The smallest absolute Gasteiger partial charge is 0.237 e. The lowest BCUT2D eigenvalue weighted by atomic mass is 10.0. The first-order chi connectivity index (χ1) is 11.7. The number of rotatable bonds is 4. The molecule has 0 bridgehead atoms. The predicted octanol–water partition coefficient (Wildman–Crippen LogP) is 2.55. The second kappa shape index (κ2) is 7.53. The van der Waals surface area contributed by atoms with Gasteiger partial charge in [-0.2, -0.15) is 0 Å². The van der Waals surface area contributed by atoms with Crippen LogP contribution >= 0.6 is 0 Å². The fraction of sp³-hybridized carbons (Fsp3) is 0.421. The maximum absolute atomic E-state index is 12.1. The van der Waals surface area contributed by atoms with Crippen LogP contribution in [-0.4, -0.2) is 40.4 Å². The van der Waals surface area contributed by atoms with Gasteiger partial charge < -0.3 is 5.32 Å². The average Bonchev–Trinajstić information content (AvgIpc) is 2.62. The minimum atomic E-state index is -0.0415. The molecule has 0 unspecified atom stereocenters. The largest absolute Gasteiger partial charge is 0.358 e. The number of benzene rings is 1. The Morgan fingerprint density at radius 1 is 1.29 bits per heavy atom. The molecule has 0 aliphatic carbocycles. The van der Waals surface area contributed by atoms with Gasteiger partial charge >= 0.3 is 0 Å². The summed E-state index contributed by atoms with van der Waals surface area (Å²) in [5.41, 5.74) is 3.27. The van der Waals surface area contributed by atoms with Gasteiger partial charge in [-0.15, -0.1) is 0 Å². The summed E-state index contributed by atoms with van der Waals surface area (Å²) >= 11 is 0. The molecule has 1 fully saturated rings. The van der Waals surface area contributed by atoms with E-state index in [0.717, 1.165) is 42.8 Å². The lowest BCUT2D eigenvalue weighted by molar-refractivity contribution is -0.127. The third kappa shape index (κ3) is 3.79. The van der Waals surface area contributed by atoms with Crippen molar-refractivity contribution in [2.75, 3.05) is 13.6 Å². The molecule has 1 aromatic carbocycles. The Labute approximate surface area is 143 Å². The molecule has 5 heteroatoms. The summed E-state index contributed by atoms with van der Waals surface area (Å²) in [6.45, 7) is 3.72. The minimum Gasteiger partial charge on any atom is -0.358 e. The fourth-order valence-corrected chi connectivity index (χ4v) is 3.25. The lowest BCUT2D eigenvalue weighted by Gasteiger charge is -2.34. The van der Waals surface area contributed by atoms with E-state index >= 15 is 0 Å². The molecule has 0 radical (unpaired) electrons. The van der Waals surface area contributed by atoms with Crippen molar-refractivity contribution in [3.05, 3.63) is 47.8 Å². The number of piperidine rings is 1. The standard InChI is InChI=1S/C19H24N4O/c1-14-6-5-7-16(10-14)18-21-11-15(12-22-18)13-23-9-4-3-8-17(23)19(24)20-2/h5-7,10-12,17H,3-4,8-9,13H2,1-2H3,(H,20,24)/t17-/m1/s1. The predicted molar refractivity (Wildman–Crippen MR) is 94.3 cm³/mol. The van der Waals surface area contributed by atoms with Crippen molar-refractivity contribution in [1.29, 1.82) is 0 Å². The molecule has 0 saturated carbocycles. The van der Waals surface area contributed by atoms with Crippen LogP contribution in [0.4, 0.5) is 0 Å². The molecule has 0 spiro atoms. The van der Waals surface area contributed by atoms with Crippen LogP contribution in [0.15, 0.2) is 36.7 Å². The Morgan fingerprint density at radius 2 is 2.08 bits per heavy atom.